The maximum Gasteiger partial charge on any atom is 0.261 e. The van der Waals surface area contributed by atoms with E-state index in [-0.39, 0.29) is 11.9 Å². The fourth-order valence-corrected chi connectivity index (χ4v) is 3.86. The van der Waals surface area contributed by atoms with Crippen LogP contribution < -0.4 is 11.1 Å². The van der Waals surface area contributed by atoms with E-state index in [4.69, 9.17) is 10.5 Å². The van der Waals surface area contributed by atoms with Crippen molar-refractivity contribution in [3.63, 3.8) is 0 Å². The quantitative estimate of drug-likeness (QED) is 0.874. The maximum absolute atomic E-state index is 12.3. The topological polar surface area (TPSA) is 64.3 Å². The van der Waals surface area contributed by atoms with Gasteiger partial charge >= 0.3 is 0 Å². The van der Waals surface area contributed by atoms with Crippen LogP contribution in [-0.2, 0) is 17.8 Å². The molecule has 0 spiro atoms. The summed E-state index contributed by atoms with van der Waals surface area (Å²) in [5, 5.41) is 2.95. The molecule has 2 aromatic rings. The van der Waals surface area contributed by atoms with Gasteiger partial charge < -0.3 is 15.8 Å². The van der Waals surface area contributed by atoms with Crippen LogP contribution in [0.4, 0.5) is 0 Å². The van der Waals surface area contributed by atoms with Crippen LogP contribution in [0.2, 0.25) is 0 Å². The highest BCUT2D eigenvalue weighted by molar-refractivity contribution is 7.14. The van der Waals surface area contributed by atoms with Gasteiger partial charge in [0.2, 0.25) is 0 Å². The van der Waals surface area contributed by atoms with E-state index >= 15 is 0 Å². The third-order valence-electron chi connectivity index (χ3n) is 4.37. The Balaban J connectivity index is 1.58. The van der Waals surface area contributed by atoms with Gasteiger partial charge in [0, 0.05) is 23.9 Å². The number of carbonyl (C=O) groups is 1. The molecule has 24 heavy (non-hydrogen) atoms. The fourth-order valence-electron chi connectivity index (χ4n) is 2.79. The minimum atomic E-state index is -0.201. The molecular weight excluding hydrogens is 320 g/mol. The molecular formula is C19H24N2O2S. The number of nitrogens with two attached hydrogens (primary N) is 1. The third kappa shape index (κ3) is 3.86. The van der Waals surface area contributed by atoms with Gasteiger partial charge in [-0.05, 0) is 28.7 Å². The largest absolute Gasteiger partial charge is 0.376 e. The molecule has 1 amide bonds. The lowest BCUT2D eigenvalue weighted by Gasteiger charge is -2.14. The third-order valence-corrected chi connectivity index (χ3v) is 5.60. The van der Waals surface area contributed by atoms with E-state index in [2.05, 4.69) is 31.3 Å². The van der Waals surface area contributed by atoms with E-state index in [0.29, 0.717) is 19.1 Å². The average molecular weight is 344 g/mol. The van der Waals surface area contributed by atoms with Crippen LogP contribution in [0.1, 0.15) is 57.0 Å². The predicted molar refractivity (Wildman–Crippen MR) is 97.5 cm³/mol. The zero-order valence-corrected chi connectivity index (χ0v) is 15.0. The Bertz CT molecular complexity index is 683. The molecule has 0 bridgehead atoms. The van der Waals surface area contributed by atoms with Crippen molar-refractivity contribution in [1.82, 2.24) is 5.32 Å². The van der Waals surface area contributed by atoms with E-state index in [1.54, 1.807) is 11.3 Å². The van der Waals surface area contributed by atoms with Gasteiger partial charge in [0.1, 0.15) is 0 Å². The highest BCUT2D eigenvalue weighted by atomic mass is 32.1. The lowest BCUT2D eigenvalue weighted by Crippen LogP contribution is -2.31. The van der Waals surface area contributed by atoms with E-state index < -0.39 is 0 Å². The molecule has 3 N–H and O–H groups in total. The molecule has 0 fully saturated rings. The molecule has 1 aliphatic heterocycles. The standard InChI is InChI=1S/C19H24N2O2S/c1-12(2)13-3-5-14(6-4-13)16(20)10-21-19(22)18-9-15-11-23-8-7-17(15)24-18/h3-6,9,12,16H,7-8,10-11,20H2,1-2H3,(H,21,22)/t16-/m1/s1. The summed E-state index contributed by atoms with van der Waals surface area (Å²) in [6.45, 7) is 6.12. The van der Waals surface area contributed by atoms with Crippen LogP contribution in [0.25, 0.3) is 0 Å². The van der Waals surface area contributed by atoms with Gasteiger partial charge in [-0.1, -0.05) is 38.1 Å². The van der Waals surface area contributed by atoms with Crippen LogP contribution >= 0.6 is 11.3 Å². The zero-order valence-electron chi connectivity index (χ0n) is 14.2. The van der Waals surface area contributed by atoms with E-state index in [9.17, 15) is 4.79 Å². The molecule has 128 valence electrons. The summed E-state index contributed by atoms with van der Waals surface area (Å²) in [4.78, 5) is 14.4. The second-order valence-corrected chi connectivity index (χ2v) is 7.64. The molecule has 1 aromatic heterocycles. The van der Waals surface area contributed by atoms with Gasteiger partial charge in [-0.2, -0.15) is 0 Å². The number of rotatable bonds is 5. The normalized spacial score (nSPS) is 15.2. The molecule has 5 heteroatoms. The molecule has 0 aliphatic carbocycles. The predicted octanol–water partition coefficient (Wildman–Crippen LogP) is 3.37. The number of ether oxygens (including phenoxy) is 1. The van der Waals surface area contributed by atoms with Crippen LogP contribution in [0.15, 0.2) is 30.3 Å². The number of carbonyl (C=O) groups excluding carboxylic acids is 1. The van der Waals surface area contributed by atoms with Crippen molar-refractivity contribution in [2.75, 3.05) is 13.2 Å². The maximum atomic E-state index is 12.3. The van der Waals surface area contributed by atoms with Crippen molar-refractivity contribution >= 4 is 17.2 Å². The first kappa shape index (κ1) is 17.1. The summed E-state index contributed by atoms with van der Waals surface area (Å²) in [6.07, 6.45) is 0.898. The number of benzene rings is 1. The summed E-state index contributed by atoms with van der Waals surface area (Å²) < 4.78 is 5.43. The second-order valence-electron chi connectivity index (χ2n) is 6.50. The summed E-state index contributed by atoms with van der Waals surface area (Å²) in [5.74, 6) is 0.451. The Morgan fingerprint density at radius 3 is 2.67 bits per heavy atom. The smallest absolute Gasteiger partial charge is 0.261 e. The first-order chi connectivity index (χ1) is 11.5. The molecule has 0 saturated heterocycles. The van der Waals surface area contributed by atoms with Crippen molar-refractivity contribution in [3.8, 4) is 0 Å². The highest BCUT2D eigenvalue weighted by Crippen LogP contribution is 2.27. The summed E-state index contributed by atoms with van der Waals surface area (Å²) in [5.41, 5.74) is 9.69. The zero-order chi connectivity index (χ0) is 17.1. The van der Waals surface area contributed by atoms with Gasteiger partial charge in [-0.15, -0.1) is 11.3 Å². The van der Waals surface area contributed by atoms with Gasteiger partial charge in [0.05, 0.1) is 18.1 Å². The van der Waals surface area contributed by atoms with Crippen molar-refractivity contribution in [2.24, 2.45) is 5.73 Å². The first-order valence-corrected chi connectivity index (χ1v) is 9.19. The van der Waals surface area contributed by atoms with E-state index in [1.807, 2.05) is 18.2 Å². The number of hydrogen-bond acceptors (Lipinski definition) is 4. The minimum absolute atomic E-state index is 0.0522. The second kappa shape index (κ2) is 7.47. The lowest BCUT2D eigenvalue weighted by molar-refractivity contribution is 0.0954. The molecule has 0 saturated carbocycles. The number of hydrogen-bond donors (Lipinski definition) is 2. The van der Waals surface area contributed by atoms with Crippen LogP contribution in [0, 0.1) is 0 Å². The summed E-state index contributed by atoms with van der Waals surface area (Å²) >= 11 is 1.56. The molecule has 1 aromatic carbocycles. The number of amides is 1. The van der Waals surface area contributed by atoms with Gasteiger partial charge in [-0.3, -0.25) is 4.79 Å². The SMILES string of the molecule is CC(C)c1ccc([C@H](N)CNC(=O)c2cc3c(s2)CCOC3)cc1. The Kier molecular flexibility index (Phi) is 5.33. The molecule has 4 nitrogen and oxygen atoms in total. The molecule has 0 unspecified atom stereocenters. The number of nitrogens with one attached hydrogen (secondary N) is 1. The van der Waals surface area contributed by atoms with E-state index in [1.165, 1.54) is 10.4 Å². The van der Waals surface area contributed by atoms with Crippen molar-refractivity contribution < 1.29 is 9.53 Å². The van der Waals surface area contributed by atoms with E-state index in [0.717, 1.165) is 29.0 Å². The monoisotopic (exact) mass is 344 g/mol. The van der Waals surface area contributed by atoms with Crippen molar-refractivity contribution in [1.29, 1.82) is 0 Å². The van der Waals surface area contributed by atoms with Crippen molar-refractivity contribution in [3.05, 3.63) is 56.8 Å². The van der Waals surface area contributed by atoms with Crippen LogP contribution in [0.3, 0.4) is 0 Å². The Morgan fingerprint density at radius 2 is 2.00 bits per heavy atom. The van der Waals surface area contributed by atoms with Gasteiger partial charge in [0.15, 0.2) is 0 Å². The first-order valence-electron chi connectivity index (χ1n) is 8.37. The fraction of sp³-hybridized carbons (Fsp3) is 0.421. The summed E-state index contributed by atoms with van der Waals surface area (Å²) in [7, 11) is 0. The van der Waals surface area contributed by atoms with Crippen LogP contribution in [0.5, 0.6) is 0 Å². The van der Waals surface area contributed by atoms with Crippen molar-refractivity contribution in [2.45, 2.75) is 38.8 Å². The number of fused-ring (bicyclic) bond motifs is 1. The Hall–Kier alpha value is -1.69. The Labute approximate surface area is 147 Å². The minimum Gasteiger partial charge on any atom is -0.376 e. The molecule has 2 heterocycles. The van der Waals surface area contributed by atoms with Gasteiger partial charge in [0.25, 0.3) is 5.91 Å². The van der Waals surface area contributed by atoms with Gasteiger partial charge in [-0.25, -0.2) is 0 Å². The number of thiophene rings is 1. The Morgan fingerprint density at radius 1 is 1.29 bits per heavy atom. The molecule has 1 aliphatic rings. The molecule has 3 rings (SSSR count). The van der Waals surface area contributed by atoms with Crippen LogP contribution in [-0.4, -0.2) is 19.1 Å². The average Bonchev–Trinajstić information content (AvgIpc) is 3.03. The lowest BCUT2D eigenvalue weighted by atomic mass is 9.99. The molecule has 0 radical (unpaired) electrons. The summed E-state index contributed by atoms with van der Waals surface area (Å²) in [6, 6.07) is 10.1. The highest BCUT2D eigenvalue weighted by Gasteiger charge is 2.18. The molecule has 1 atom stereocenters.